The van der Waals surface area contributed by atoms with Gasteiger partial charge in [0.05, 0.1) is 38.7 Å². The molecule has 0 aliphatic carbocycles. The number of nitrogens with zero attached hydrogens (tertiary/aromatic N) is 4. The SMILES string of the molecule is c1ccc(-c2cc(-n3c4ccccc4c4c5c6ccccc6oc5c5c6ccccc6n(-c6ccccc6)c5c43)ccc2-c2nc(-c3ccccc3)c3ccccc3n2)cc1. The van der Waals surface area contributed by atoms with Gasteiger partial charge < -0.3 is 13.6 Å². The van der Waals surface area contributed by atoms with Gasteiger partial charge in [0.25, 0.3) is 0 Å². The Morgan fingerprint density at radius 1 is 0.377 bits per heavy atom. The van der Waals surface area contributed by atoms with E-state index >= 15 is 0 Å². The van der Waals surface area contributed by atoms with Crippen LogP contribution in [0, 0.1) is 0 Å². The fraction of sp³-hybridized carbons (Fsp3) is 0. The summed E-state index contributed by atoms with van der Waals surface area (Å²) in [5, 5.41) is 7.83. The minimum atomic E-state index is 0.684. The molecule has 61 heavy (non-hydrogen) atoms. The molecule has 0 spiro atoms. The van der Waals surface area contributed by atoms with Crippen LogP contribution < -0.4 is 0 Å². The average molecular weight is 779 g/mol. The maximum Gasteiger partial charge on any atom is 0.161 e. The molecule has 0 radical (unpaired) electrons. The first kappa shape index (κ1) is 33.7. The van der Waals surface area contributed by atoms with E-state index in [0.717, 1.165) is 110 Å². The fourth-order valence-corrected chi connectivity index (χ4v) is 9.73. The summed E-state index contributed by atoms with van der Waals surface area (Å²) in [6, 6.07) is 72.8. The van der Waals surface area contributed by atoms with Crippen LogP contribution in [0.15, 0.2) is 211 Å². The summed E-state index contributed by atoms with van der Waals surface area (Å²) in [4.78, 5) is 10.6. The molecule has 0 fully saturated rings. The Kier molecular flexibility index (Phi) is 7.24. The zero-order valence-corrected chi connectivity index (χ0v) is 32.8. The molecule has 0 unspecified atom stereocenters. The first-order chi connectivity index (χ1) is 30.3. The van der Waals surface area contributed by atoms with E-state index in [0.29, 0.717) is 5.82 Å². The predicted molar refractivity (Wildman–Crippen MR) is 252 cm³/mol. The molecular weight excluding hydrogens is 745 g/mol. The highest BCUT2D eigenvalue weighted by Gasteiger charge is 2.28. The van der Waals surface area contributed by atoms with E-state index in [1.54, 1.807) is 0 Å². The number of hydrogen-bond acceptors (Lipinski definition) is 3. The Morgan fingerprint density at radius 3 is 1.67 bits per heavy atom. The van der Waals surface area contributed by atoms with Crippen molar-refractivity contribution in [2.75, 3.05) is 0 Å². The smallest absolute Gasteiger partial charge is 0.161 e. The molecule has 4 heterocycles. The summed E-state index contributed by atoms with van der Waals surface area (Å²) in [6.45, 7) is 0. The lowest BCUT2D eigenvalue weighted by Gasteiger charge is -2.17. The van der Waals surface area contributed by atoms with Gasteiger partial charge in [0.1, 0.15) is 11.2 Å². The molecule has 0 aliphatic rings. The molecule has 13 rings (SSSR count). The minimum absolute atomic E-state index is 0.684. The molecule has 9 aromatic carbocycles. The van der Waals surface area contributed by atoms with Crippen LogP contribution in [0.3, 0.4) is 0 Å². The van der Waals surface area contributed by atoms with Crippen molar-refractivity contribution in [3.8, 4) is 45.1 Å². The van der Waals surface area contributed by atoms with Gasteiger partial charge in [0.2, 0.25) is 0 Å². The Labute approximate surface area is 350 Å². The van der Waals surface area contributed by atoms with Crippen LogP contribution in [0.2, 0.25) is 0 Å². The topological polar surface area (TPSA) is 48.8 Å². The number of furan rings is 1. The Balaban J connectivity index is 1.20. The number of fused-ring (bicyclic) bond motifs is 13. The lowest BCUT2D eigenvalue weighted by molar-refractivity contribution is 0.673. The number of aromatic nitrogens is 4. The number of benzene rings is 9. The summed E-state index contributed by atoms with van der Waals surface area (Å²) < 4.78 is 11.9. The van der Waals surface area contributed by atoms with Crippen molar-refractivity contribution in [3.63, 3.8) is 0 Å². The Morgan fingerprint density at radius 2 is 0.934 bits per heavy atom. The third kappa shape index (κ3) is 4.95. The molecule has 0 atom stereocenters. The van der Waals surface area contributed by atoms with Crippen LogP contribution in [0.25, 0.3) is 122 Å². The van der Waals surface area contributed by atoms with Gasteiger partial charge in [-0.05, 0) is 65.7 Å². The number of para-hydroxylation sites is 5. The third-order valence-electron chi connectivity index (χ3n) is 12.3. The van der Waals surface area contributed by atoms with Crippen molar-refractivity contribution < 1.29 is 4.42 Å². The lowest BCUT2D eigenvalue weighted by atomic mass is 9.97. The summed E-state index contributed by atoms with van der Waals surface area (Å²) in [6.07, 6.45) is 0. The maximum absolute atomic E-state index is 6.97. The van der Waals surface area contributed by atoms with Gasteiger partial charge in [-0.25, -0.2) is 9.97 Å². The van der Waals surface area contributed by atoms with E-state index in [9.17, 15) is 0 Å². The van der Waals surface area contributed by atoms with E-state index in [1.165, 1.54) is 5.39 Å². The van der Waals surface area contributed by atoms with E-state index in [1.807, 2.05) is 12.1 Å². The van der Waals surface area contributed by atoms with Crippen LogP contribution in [0.5, 0.6) is 0 Å². The molecule has 13 aromatic rings. The van der Waals surface area contributed by atoms with Crippen LogP contribution in [0.4, 0.5) is 0 Å². The maximum atomic E-state index is 6.97. The van der Waals surface area contributed by atoms with Gasteiger partial charge in [-0.3, -0.25) is 0 Å². The van der Waals surface area contributed by atoms with Gasteiger partial charge >= 0.3 is 0 Å². The van der Waals surface area contributed by atoms with Gasteiger partial charge in [0.15, 0.2) is 5.82 Å². The zero-order valence-electron chi connectivity index (χ0n) is 32.8. The second kappa shape index (κ2) is 13.1. The van der Waals surface area contributed by atoms with Crippen LogP contribution in [-0.2, 0) is 0 Å². The van der Waals surface area contributed by atoms with Crippen molar-refractivity contribution in [2.45, 2.75) is 0 Å². The zero-order chi connectivity index (χ0) is 40.0. The van der Waals surface area contributed by atoms with Crippen LogP contribution >= 0.6 is 0 Å². The standard InChI is InChI=1S/C56H34N4O/c1-4-18-35(19-5-1)44-34-38(32-33-39(44)56-57-45-28-14-10-24-40(45)52(58-56)36-20-6-2-7-21-36)60-46-29-15-11-25-41(46)49-50-43-27-13-17-31-48(43)61-55(50)51-42-26-12-16-30-47(42)59(54(51)53(49)60)37-22-8-3-9-23-37/h1-34H. The summed E-state index contributed by atoms with van der Waals surface area (Å²) in [5.74, 6) is 0.684. The van der Waals surface area contributed by atoms with Crippen LogP contribution in [0.1, 0.15) is 0 Å². The fourth-order valence-electron chi connectivity index (χ4n) is 9.73. The molecule has 0 aliphatic heterocycles. The molecule has 0 bridgehead atoms. The first-order valence-corrected chi connectivity index (χ1v) is 20.7. The average Bonchev–Trinajstić information content (AvgIpc) is 4.00. The highest BCUT2D eigenvalue weighted by atomic mass is 16.3. The van der Waals surface area contributed by atoms with Gasteiger partial charge in [-0.15, -0.1) is 0 Å². The van der Waals surface area contributed by atoms with E-state index in [-0.39, 0.29) is 0 Å². The molecule has 5 heteroatoms. The molecule has 0 saturated heterocycles. The second-order valence-corrected chi connectivity index (χ2v) is 15.7. The monoisotopic (exact) mass is 778 g/mol. The normalized spacial score (nSPS) is 11.9. The van der Waals surface area contributed by atoms with E-state index < -0.39 is 0 Å². The highest BCUT2D eigenvalue weighted by molar-refractivity contribution is 6.39. The number of rotatable bonds is 5. The molecule has 5 nitrogen and oxygen atoms in total. The molecular formula is C56H34N4O. The molecule has 0 N–H and O–H groups in total. The highest BCUT2D eigenvalue weighted by Crippen LogP contribution is 2.50. The third-order valence-corrected chi connectivity index (χ3v) is 12.3. The van der Waals surface area contributed by atoms with Crippen molar-refractivity contribution >= 4 is 76.5 Å². The van der Waals surface area contributed by atoms with Crippen LogP contribution in [-0.4, -0.2) is 19.1 Å². The molecule has 0 amide bonds. The lowest BCUT2D eigenvalue weighted by Crippen LogP contribution is -2.01. The largest absolute Gasteiger partial charge is 0.455 e. The second-order valence-electron chi connectivity index (χ2n) is 15.7. The number of hydrogen-bond donors (Lipinski definition) is 0. The first-order valence-electron chi connectivity index (χ1n) is 20.7. The van der Waals surface area contributed by atoms with Gasteiger partial charge in [-0.2, -0.15) is 0 Å². The Bertz CT molecular complexity index is 3860. The van der Waals surface area contributed by atoms with Crippen molar-refractivity contribution in [1.82, 2.24) is 19.1 Å². The summed E-state index contributed by atoms with van der Waals surface area (Å²) in [7, 11) is 0. The van der Waals surface area contributed by atoms with E-state index in [2.05, 4.69) is 203 Å². The van der Waals surface area contributed by atoms with Crippen molar-refractivity contribution in [1.29, 1.82) is 0 Å². The van der Waals surface area contributed by atoms with E-state index in [4.69, 9.17) is 14.4 Å². The molecule has 0 saturated carbocycles. The molecule has 284 valence electrons. The van der Waals surface area contributed by atoms with Crippen molar-refractivity contribution in [3.05, 3.63) is 206 Å². The summed E-state index contributed by atoms with van der Waals surface area (Å²) >= 11 is 0. The van der Waals surface area contributed by atoms with Gasteiger partial charge in [-0.1, -0.05) is 152 Å². The Hall–Kier alpha value is -8.28. The van der Waals surface area contributed by atoms with Gasteiger partial charge in [0, 0.05) is 54.8 Å². The predicted octanol–water partition coefficient (Wildman–Crippen LogP) is 14.7. The molecule has 4 aromatic heterocycles. The minimum Gasteiger partial charge on any atom is -0.455 e. The van der Waals surface area contributed by atoms with Crippen molar-refractivity contribution in [2.24, 2.45) is 0 Å². The quantitative estimate of drug-likeness (QED) is 0.175. The summed E-state index contributed by atoms with van der Waals surface area (Å²) in [5.41, 5.74) is 14.3.